The minimum absolute atomic E-state index is 0.0339. The number of β-lactam (4-membered cyclic amide) rings is 1. The van der Waals surface area contributed by atoms with Crippen LogP contribution < -0.4 is 5.32 Å². The Hall–Kier alpha value is -3.08. The number of hydrogen-bond donors (Lipinski definition) is 2. The fourth-order valence-corrected chi connectivity index (χ4v) is 6.76. The van der Waals surface area contributed by atoms with Gasteiger partial charge in [-0.2, -0.15) is 5.10 Å². The number of carboxylic acid groups (broad SMARTS) is 1. The van der Waals surface area contributed by atoms with Crippen LogP contribution in [-0.2, 0) is 16.0 Å². The SMILES string of the molecule is O=C(O)C1=C(Sc2ccnn2-c2ccccc2)CS[C@H]2[C@H](NC(=S)Cc3ccccc3)C(=O)N12. The van der Waals surface area contributed by atoms with Crippen molar-refractivity contribution in [1.29, 1.82) is 0 Å². The van der Waals surface area contributed by atoms with Crippen LogP contribution in [0.1, 0.15) is 5.56 Å². The smallest absolute Gasteiger partial charge is 0.353 e. The quantitative estimate of drug-likeness (QED) is 0.369. The highest BCUT2D eigenvalue weighted by molar-refractivity contribution is 8.06. The third kappa shape index (κ3) is 4.36. The van der Waals surface area contributed by atoms with Gasteiger partial charge >= 0.3 is 5.97 Å². The van der Waals surface area contributed by atoms with Gasteiger partial charge in [-0.3, -0.25) is 9.69 Å². The van der Waals surface area contributed by atoms with Crippen LogP contribution in [0.25, 0.3) is 5.69 Å². The number of rotatable bonds is 7. The molecule has 2 atom stereocenters. The van der Waals surface area contributed by atoms with Crippen LogP contribution >= 0.6 is 35.7 Å². The van der Waals surface area contributed by atoms with Crippen molar-refractivity contribution >= 4 is 52.6 Å². The average molecular weight is 509 g/mol. The minimum Gasteiger partial charge on any atom is -0.477 e. The molecule has 2 aromatic carbocycles. The van der Waals surface area contributed by atoms with E-state index in [1.807, 2.05) is 66.7 Å². The highest BCUT2D eigenvalue weighted by atomic mass is 32.2. The first-order valence-corrected chi connectivity index (χ1v) is 12.8. The molecule has 2 N–H and O–H groups in total. The molecule has 2 aliphatic rings. The number of thioether (sulfide) groups is 2. The second-order valence-electron chi connectivity index (χ2n) is 7.71. The maximum Gasteiger partial charge on any atom is 0.353 e. The Bertz CT molecular complexity index is 1280. The lowest BCUT2D eigenvalue weighted by Crippen LogP contribution is -2.70. The van der Waals surface area contributed by atoms with Crippen LogP contribution in [0.2, 0.25) is 0 Å². The molecule has 1 amide bonds. The van der Waals surface area contributed by atoms with Gasteiger partial charge in [0, 0.05) is 17.1 Å². The molecule has 34 heavy (non-hydrogen) atoms. The number of amides is 1. The van der Waals surface area contributed by atoms with Gasteiger partial charge in [-0.15, -0.1) is 11.8 Å². The molecule has 172 valence electrons. The molecule has 10 heteroatoms. The normalized spacial score (nSPS) is 19.4. The fourth-order valence-electron chi connectivity index (χ4n) is 3.93. The number of aromatic nitrogens is 2. The van der Waals surface area contributed by atoms with E-state index in [0.29, 0.717) is 22.1 Å². The number of carboxylic acids is 1. The second kappa shape index (κ2) is 9.65. The summed E-state index contributed by atoms with van der Waals surface area (Å²) in [7, 11) is 0. The number of hydrogen-bond acceptors (Lipinski definition) is 6. The van der Waals surface area contributed by atoms with Crippen LogP contribution in [-0.4, -0.2) is 53.8 Å². The van der Waals surface area contributed by atoms with Crippen molar-refractivity contribution in [3.8, 4) is 5.69 Å². The summed E-state index contributed by atoms with van der Waals surface area (Å²) in [6.07, 6.45) is 2.21. The van der Waals surface area contributed by atoms with E-state index in [1.165, 1.54) is 28.4 Å². The molecule has 7 nitrogen and oxygen atoms in total. The highest BCUT2D eigenvalue weighted by Crippen LogP contribution is 2.45. The number of benzene rings is 2. The Balaban J connectivity index is 1.34. The third-order valence-corrected chi connectivity index (χ3v) is 8.32. The number of nitrogens with one attached hydrogen (secondary N) is 1. The topological polar surface area (TPSA) is 87.5 Å². The van der Waals surface area contributed by atoms with Crippen LogP contribution in [0, 0.1) is 0 Å². The molecule has 2 aliphatic heterocycles. The van der Waals surface area contributed by atoms with E-state index in [2.05, 4.69) is 10.4 Å². The van der Waals surface area contributed by atoms with E-state index in [9.17, 15) is 14.7 Å². The lowest BCUT2D eigenvalue weighted by atomic mass is 10.0. The molecular weight excluding hydrogens is 488 g/mol. The summed E-state index contributed by atoms with van der Waals surface area (Å²) in [5.41, 5.74) is 1.97. The highest BCUT2D eigenvalue weighted by Gasteiger charge is 2.54. The molecule has 1 fully saturated rings. The van der Waals surface area contributed by atoms with Gasteiger partial charge in [0.15, 0.2) is 0 Å². The third-order valence-electron chi connectivity index (χ3n) is 5.50. The summed E-state index contributed by atoms with van der Waals surface area (Å²) in [6, 6.07) is 20.7. The van der Waals surface area contributed by atoms with Crippen molar-refractivity contribution in [3.63, 3.8) is 0 Å². The standard InChI is InChI=1S/C24H20N4O3S3/c29-22-20(26-18(32)13-15-7-3-1-4-8-15)23-27(22)21(24(30)31)17(14-33-23)34-19-11-12-25-28(19)16-9-5-2-6-10-16/h1-12,20,23H,13-14H2,(H,26,32)(H,30,31)/t20-,23+/m1/s1. The molecular formula is C24H20N4O3S3. The molecule has 0 unspecified atom stereocenters. The summed E-state index contributed by atoms with van der Waals surface area (Å²) < 4.78 is 1.76. The number of aliphatic carboxylic acids is 1. The number of nitrogens with zero attached hydrogens (tertiary/aromatic N) is 3. The van der Waals surface area contributed by atoms with Crippen molar-refractivity contribution in [1.82, 2.24) is 20.0 Å². The van der Waals surface area contributed by atoms with Gasteiger partial charge in [-0.1, -0.05) is 72.5 Å². The molecule has 3 aromatic rings. The Morgan fingerprint density at radius 1 is 1.15 bits per heavy atom. The monoisotopic (exact) mass is 508 g/mol. The molecule has 1 aromatic heterocycles. The van der Waals surface area contributed by atoms with E-state index < -0.39 is 12.0 Å². The molecule has 0 radical (unpaired) electrons. The van der Waals surface area contributed by atoms with Crippen molar-refractivity contribution < 1.29 is 14.7 Å². The zero-order valence-corrected chi connectivity index (χ0v) is 20.3. The average Bonchev–Trinajstić information content (AvgIpc) is 3.31. The van der Waals surface area contributed by atoms with Crippen molar-refractivity contribution in [3.05, 3.63) is 89.1 Å². The Labute approximate surface area is 210 Å². The zero-order valence-electron chi connectivity index (χ0n) is 17.8. The largest absolute Gasteiger partial charge is 0.477 e. The van der Waals surface area contributed by atoms with Gasteiger partial charge in [-0.25, -0.2) is 9.48 Å². The van der Waals surface area contributed by atoms with Crippen molar-refractivity contribution in [2.45, 2.75) is 22.9 Å². The van der Waals surface area contributed by atoms with Crippen LogP contribution in [0.15, 0.2) is 88.6 Å². The fraction of sp³-hybridized carbons (Fsp3) is 0.167. The number of para-hydroxylation sites is 1. The second-order valence-corrected chi connectivity index (χ2v) is 10.4. The molecule has 1 saturated heterocycles. The first-order chi connectivity index (χ1) is 16.5. The van der Waals surface area contributed by atoms with Gasteiger partial charge in [0.1, 0.15) is 22.1 Å². The predicted octanol–water partition coefficient (Wildman–Crippen LogP) is 3.70. The minimum atomic E-state index is -1.11. The van der Waals surface area contributed by atoms with E-state index in [0.717, 1.165) is 16.3 Å². The van der Waals surface area contributed by atoms with E-state index >= 15 is 0 Å². The number of fused-ring (bicyclic) bond motifs is 1. The van der Waals surface area contributed by atoms with Crippen LogP contribution in [0.4, 0.5) is 0 Å². The summed E-state index contributed by atoms with van der Waals surface area (Å²) in [4.78, 5) is 27.8. The number of carbonyl (C=O) groups is 2. The van der Waals surface area contributed by atoms with Gasteiger partial charge in [-0.05, 0) is 23.8 Å². The van der Waals surface area contributed by atoms with Crippen molar-refractivity contribution in [2.24, 2.45) is 0 Å². The van der Waals surface area contributed by atoms with E-state index in [1.54, 1.807) is 10.9 Å². The van der Waals surface area contributed by atoms with Crippen LogP contribution in [0.3, 0.4) is 0 Å². The van der Waals surface area contributed by atoms with Crippen LogP contribution in [0.5, 0.6) is 0 Å². The molecule has 0 saturated carbocycles. The molecule has 5 rings (SSSR count). The van der Waals surface area contributed by atoms with E-state index in [4.69, 9.17) is 12.2 Å². The van der Waals surface area contributed by atoms with Gasteiger partial charge in [0.2, 0.25) is 0 Å². The lowest BCUT2D eigenvalue weighted by Gasteiger charge is -2.49. The number of carbonyl (C=O) groups excluding carboxylic acids is 1. The van der Waals surface area contributed by atoms with Gasteiger partial charge in [0.25, 0.3) is 5.91 Å². The Kier molecular flexibility index (Phi) is 6.44. The predicted molar refractivity (Wildman–Crippen MR) is 137 cm³/mol. The molecule has 0 bridgehead atoms. The summed E-state index contributed by atoms with van der Waals surface area (Å²) >= 11 is 8.33. The Morgan fingerprint density at radius 2 is 1.85 bits per heavy atom. The zero-order chi connectivity index (χ0) is 23.7. The van der Waals surface area contributed by atoms with Gasteiger partial charge < -0.3 is 10.4 Å². The maximum absolute atomic E-state index is 13.0. The van der Waals surface area contributed by atoms with E-state index in [-0.39, 0.29) is 17.0 Å². The Morgan fingerprint density at radius 3 is 2.56 bits per heavy atom. The van der Waals surface area contributed by atoms with Gasteiger partial charge in [0.05, 0.1) is 16.9 Å². The molecule has 0 aliphatic carbocycles. The van der Waals surface area contributed by atoms with Crippen molar-refractivity contribution in [2.75, 3.05) is 5.75 Å². The number of thiocarbonyl (C=S) groups is 1. The lowest BCUT2D eigenvalue weighted by molar-refractivity contribution is -0.148. The first kappa shape index (κ1) is 22.7. The first-order valence-electron chi connectivity index (χ1n) is 10.5. The maximum atomic E-state index is 13.0. The summed E-state index contributed by atoms with van der Waals surface area (Å²) in [5.74, 6) is -0.915. The summed E-state index contributed by atoms with van der Waals surface area (Å²) in [6.45, 7) is 0. The molecule has 3 heterocycles. The molecule has 0 spiro atoms. The summed E-state index contributed by atoms with van der Waals surface area (Å²) in [5, 5.41) is 18.0.